The van der Waals surface area contributed by atoms with E-state index in [1.165, 1.54) is 28.8 Å². The summed E-state index contributed by atoms with van der Waals surface area (Å²) in [5, 5.41) is 0. The van der Waals surface area contributed by atoms with Crippen molar-refractivity contribution in [1.29, 1.82) is 0 Å². The highest BCUT2D eigenvalue weighted by atomic mass is 19.1. The van der Waals surface area contributed by atoms with E-state index < -0.39 is 11.6 Å². The minimum Gasteiger partial charge on any atom is -0.408 e. The maximum Gasteiger partial charge on any atom is 0.420 e. The lowest BCUT2D eigenvalue weighted by Crippen LogP contribution is -2.20. The van der Waals surface area contributed by atoms with Crippen LogP contribution in [-0.2, 0) is 6.54 Å². The number of Topliss-reactive ketones (excluding diaryl/α,β-unsaturated/α-hetero) is 1. The Morgan fingerprint density at radius 3 is 2.62 bits per heavy atom. The van der Waals surface area contributed by atoms with Crippen molar-refractivity contribution in [2.45, 2.75) is 6.54 Å². The van der Waals surface area contributed by atoms with Gasteiger partial charge < -0.3 is 10.2 Å². The first-order chi connectivity index (χ1) is 10.1. The molecule has 0 amide bonds. The Kier molecular flexibility index (Phi) is 3.06. The number of halogens is 1. The molecular weight excluding hydrogens is 275 g/mol. The molecule has 21 heavy (non-hydrogen) atoms. The van der Waals surface area contributed by atoms with E-state index in [0.717, 1.165) is 0 Å². The lowest BCUT2D eigenvalue weighted by molar-refractivity contribution is 0.0970. The molecule has 0 spiro atoms. The Morgan fingerprint density at radius 1 is 1.19 bits per heavy atom. The summed E-state index contributed by atoms with van der Waals surface area (Å²) in [5.41, 5.74) is 7.20. The topological polar surface area (TPSA) is 78.2 Å². The molecule has 2 aromatic carbocycles. The summed E-state index contributed by atoms with van der Waals surface area (Å²) in [7, 11) is 0. The molecule has 106 valence electrons. The van der Waals surface area contributed by atoms with Gasteiger partial charge >= 0.3 is 5.76 Å². The number of ketones is 1. The molecule has 0 radical (unpaired) electrons. The zero-order chi connectivity index (χ0) is 15.0. The highest BCUT2D eigenvalue weighted by Crippen LogP contribution is 2.20. The largest absolute Gasteiger partial charge is 0.420 e. The number of para-hydroxylation sites is 1. The Hall–Kier alpha value is -2.89. The Labute approximate surface area is 118 Å². The molecule has 1 aromatic heterocycles. The molecule has 2 N–H and O–H groups in total. The van der Waals surface area contributed by atoms with Crippen LogP contribution >= 0.6 is 0 Å². The van der Waals surface area contributed by atoms with E-state index in [2.05, 4.69) is 0 Å². The number of rotatable bonds is 3. The fraction of sp³-hybridized carbons (Fsp3) is 0.0667. The van der Waals surface area contributed by atoms with Crippen molar-refractivity contribution in [3.05, 3.63) is 64.4 Å². The number of carbonyl (C=O) groups is 1. The second kappa shape index (κ2) is 4.90. The first-order valence-electron chi connectivity index (χ1n) is 6.23. The second-order valence-corrected chi connectivity index (χ2v) is 4.58. The zero-order valence-corrected chi connectivity index (χ0v) is 10.9. The van der Waals surface area contributed by atoms with Crippen LogP contribution in [0.5, 0.6) is 0 Å². The maximum absolute atomic E-state index is 12.9. The number of oxazole rings is 1. The lowest BCUT2D eigenvalue weighted by Gasteiger charge is -2.04. The fourth-order valence-electron chi connectivity index (χ4n) is 2.17. The predicted octanol–water partition coefficient (Wildman–Crippen LogP) is 2.20. The SMILES string of the molecule is Nc1cccc2oc(=O)n(CC(=O)c3ccc(F)cc3)c12. The average Bonchev–Trinajstić information content (AvgIpc) is 2.77. The molecule has 0 aliphatic rings. The standard InChI is InChI=1S/C15H11FN2O3/c16-10-6-4-9(5-7-10)12(19)8-18-14-11(17)2-1-3-13(14)21-15(18)20/h1-7H,8,17H2. The number of aromatic nitrogens is 1. The van der Waals surface area contributed by atoms with Crippen LogP contribution in [0.3, 0.4) is 0 Å². The Morgan fingerprint density at radius 2 is 1.90 bits per heavy atom. The number of nitrogen functional groups attached to an aromatic ring is 1. The molecule has 5 nitrogen and oxygen atoms in total. The first-order valence-corrected chi connectivity index (χ1v) is 6.23. The molecule has 6 heteroatoms. The highest BCUT2D eigenvalue weighted by Gasteiger charge is 2.15. The van der Waals surface area contributed by atoms with Crippen LogP contribution in [-0.4, -0.2) is 10.4 Å². The summed E-state index contributed by atoms with van der Waals surface area (Å²) < 4.78 is 19.1. The van der Waals surface area contributed by atoms with Crippen molar-refractivity contribution in [2.24, 2.45) is 0 Å². The molecule has 1 heterocycles. The molecular formula is C15H11FN2O3. The smallest absolute Gasteiger partial charge is 0.408 e. The second-order valence-electron chi connectivity index (χ2n) is 4.58. The summed E-state index contributed by atoms with van der Waals surface area (Å²) in [6.45, 7) is -0.217. The molecule has 3 aromatic rings. The van der Waals surface area contributed by atoms with E-state index in [4.69, 9.17) is 10.2 Å². The number of hydrogen-bond acceptors (Lipinski definition) is 4. The van der Waals surface area contributed by atoms with Crippen LogP contribution < -0.4 is 11.5 Å². The Bertz CT molecular complexity index is 878. The summed E-state index contributed by atoms with van der Waals surface area (Å²) in [6.07, 6.45) is 0. The van der Waals surface area contributed by atoms with Gasteiger partial charge in [0, 0.05) is 5.56 Å². The number of nitrogens with zero attached hydrogens (tertiary/aromatic N) is 1. The summed E-state index contributed by atoms with van der Waals surface area (Å²) in [6, 6.07) is 10.0. The molecule has 3 rings (SSSR count). The number of hydrogen-bond donors (Lipinski definition) is 1. The molecule has 0 aliphatic heterocycles. The third-order valence-electron chi connectivity index (χ3n) is 3.19. The monoisotopic (exact) mass is 286 g/mol. The number of benzene rings is 2. The molecule has 0 fully saturated rings. The van der Waals surface area contributed by atoms with Crippen molar-refractivity contribution in [1.82, 2.24) is 4.57 Å². The quantitative estimate of drug-likeness (QED) is 0.591. The minimum atomic E-state index is -0.654. The van der Waals surface area contributed by atoms with Gasteiger partial charge in [-0.25, -0.2) is 9.18 Å². The normalized spacial score (nSPS) is 10.9. The van der Waals surface area contributed by atoms with Crippen LogP contribution in [0, 0.1) is 5.82 Å². The lowest BCUT2D eigenvalue weighted by atomic mass is 10.1. The van der Waals surface area contributed by atoms with Gasteiger partial charge in [-0.3, -0.25) is 9.36 Å². The molecule has 0 saturated heterocycles. The van der Waals surface area contributed by atoms with E-state index in [9.17, 15) is 14.0 Å². The molecule has 0 atom stereocenters. The van der Waals surface area contributed by atoms with Gasteiger partial charge in [0.1, 0.15) is 11.3 Å². The van der Waals surface area contributed by atoms with E-state index in [1.807, 2.05) is 0 Å². The van der Waals surface area contributed by atoms with E-state index in [-0.39, 0.29) is 12.3 Å². The third-order valence-corrected chi connectivity index (χ3v) is 3.19. The highest BCUT2D eigenvalue weighted by molar-refractivity contribution is 5.97. The van der Waals surface area contributed by atoms with Gasteiger partial charge in [-0.15, -0.1) is 0 Å². The van der Waals surface area contributed by atoms with Gasteiger partial charge in [-0.05, 0) is 36.4 Å². The van der Waals surface area contributed by atoms with Gasteiger partial charge in [0.05, 0.1) is 12.2 Å². The van der Waals surface area contributed by atoms with Gasteiger partial charge in [0.25, 0.3) is 0 Å². The van der Waals surface area contributed by atoms with Crippen molar-refractivity contribution in [3.63, 3.8) is 0 Å². The van der Waals surface area contributed by atoms with E-state index in [0.29, 0.717) is 22.4 Å². The molecule has 0 bridgehead atoms. The fourth-order valence-corrected chi connectivity index (χ4v) is 2.17. The summed E-state index contributed by atoms with van der Waals surface area (Å²) in [5.74, 6) is -1.41. The van der Waals surface area contributed by atoms with E-state index in [1.54, 1.807) is 18.2 Å². The van der Waals surface area contributed by atoms with Crippen molar-refractivity contribution < 1.29 is 13.6 Å². The van der Waals surface area contributed by atoms with Gasteiger partial charge in [-0.1, -0.05) is 6.07 Å². The summed E-state index contributed by atoms with van der Waals surface area (Å²) >= 11 is 0. The first kappa shape index (κ1) is 13.1. The number of fused-ring (bicyclic) bond motifs is 1. The Balaban J connectivity index is 2.02. The number of nitrogens with two attached hydrogens (primary N) is 1. The summed E-state index contributed by atoms with van der Waals surface area (Å²) in [4.78, 5) is 24.0. The van der Waals surface area contributed by atoms with Gasteiger partial charge in [-0.2, -0.15) is 0 Å². The predicted molar refractivity (Wildman–Crippen MR) is 75.6 cm³/mol. The molecule has 0 aliphatic carbocycles. The van der Waals surface area contributed by atoms with Crippen LogP contribution in [0.25, 0.3) is 11.1 Å². The third kappa shape index (κ3) is 2.31. The maximum atomic E-state index is 12.9. The number of anilines is 1. The van der Waals surface area contributed by atoms with Crippen LogP contribution in [0.2, 0.25) is 0 Å². The van der Waals surface area contributed by atoms with Crippen molar-refractivity contribution in [2.75, 3.05) is 5.73 Å². The van der Waals surface area contributed by atoms with Gasteiger partial charge in [0.15, 0.2) is 11.4 Å². The van der Waals surface area contributed by atoms with Crippen LogP contribution in [0.1, 0.15) is 10.4 Å². The van der Waals surface area contributed by atoms with Crippen molar-refractivity contribution >= 4 is 22.6 Å². The van der Waals surface area contributed by atoms with Crippen LogP contribution in [0.4, 0.5) is 10.1 Å². The molecule has 0 saturated carbocycles. The number of carbonyl (C=O) groups excluding carboxylic acids is 1. The van der Waals surface area contributed by atoms with Crippen molar-refractivity contribution in [3.8, 4) is 0 Å². The van der Waals surface area contributed by atoms with E-state index >= 15 is 0 Å². The average molecular weight is 286 g/mol. The molecule has 0 unspecified atom stereocenters. The van der Waals surface area contributed by atoms with Crippen LogP contribution in [0.15, 0.2) is 51.7 Å². The van der Waals surface area contributed by atoms with Gasteiger partial charge in [0.2, 0.25) is 0 Å². The zero-order valence-electron chi connectivity index (χ0n) is 10.9. The minimum absolute atomic E-state index is 0.217.